The number of nitro groups is 1. The second-order valence-electron chi connectivity index (χ2n) is 6.05. The number of aromatic nitrogens is 2. The molecule has 0 amide bonds. The molecule has 136 valence electrons. The Hall–Kier alpha value is -1.39. The maximum Gasteiger partial charge on any atom is 0.306 e. The summed E-state index contributed by atoms with van der Waals surface area (Å²) in [5, 5.41) is 21.1. The third-order valence-electron chi connectivity index (χ3n) is 4.54. The molecule has 1 aromatic heterocycles. The molecule has 0 bridgehead atoms. The molecule has 24 heavy (non-hydrogen) atoms. The normalized spacial score (nSPS) is 16.0. The number of hydrogen-bond donors (Lipinski definition) is 2. The maximum absolute atomic E-state index is 10.6. The Morgan fingerprint density at radius 3 is 2.71 bits per heavy atom. The van der Waals surface area contributed by atoms with E-state index in [-0.39, 0.29) is 29.7 Å². The summed E-state index contributed by atoms with van der Waals surface area (Å²) in [6.45, 7) is 7.10. The molecule has 1 heterocycles. The minimum atomic E-state index is -0.439. The SMILES string of the molecule is CCNC(=NCC1(CC)CCC1)NCCn1cc([N+](=O)[O-])cn1.I. The van der Waals surface area contributed by atoms with Gasteiger partial charge in [0.05, 0.1) is 11.5 Å². The van der Waals surface area contributed by atoms with E-state index in [2.05, 4.69) is 22.7 Å². The highest BCUT2D eigenvalue weighted by Gasteiger charge is 2.34. The minimum absolute atomic E-state index is 0. The average Bonchev–Trinajstić information content (AvgIpc) is 2.95. The molecule has 2 N–H and O–H groups in total. The van der Waals surface area contributed by atoms with Crippen molar-refractivity contribution in [2.45, 2.75) is 46.1 Å². The summed E-state index contributed by atoms with van der Waals surface area (Å²) in [4.78, 5) is 14.9. The summed E-state index contributed by atoms with van der Waals surface area (Å²) in [5.41, 5.74) is 0.408. The van der Waals surface area contributed by atoms with E-state index in [1.54, 1.807) is 4.68 Å². The number of rotatable bonds is 8. The summed E-state index contributed by atoms with van der Waals surface area (Å²) in [5.74, 6) is 0.800. The first-order valence-electron chi connectivity index (χ1n) is 8.27. The molecule has 1 aliphatic carbocycles. The van der Waals surface area contributed by atoms with Crippen molar-refractivity contribution in [3.05, 3.63) is 22.5 Å². The van der Waals surface area contributed by atoms with Gasteiger partial charge in [-0.05, 0) is 31.6 Å². The van der Waals surface area contributed by atoms with Crippen molar-refractivity contribution in [1.29, 1.82) is 0 Å². The van der Waals surface area contributed by atoms with Crippen LogP contribution >= 0.6 is 24.0 Å². The van der Waals surface area contributed by atoms with Crippen molar-refractivity contribution >= 4 is 35.6 Å². The van der Waals surface area contributed by atoms with Crippen molar-refractivity contribution in [3.63, 3.8) is 0 Å². The van der Waals surface area contributed by atoms with Crippen LogP contribution in [0.2, 0.25) is 0 Å². The number of nitrogens with zero attached hydrogens (tertiary/aromatic N) is 4. The molecule has 1 fully saturated rings. The zero-order valence-corrected chi connectivity index (χ0v) is 16.7. The molecule has 8 nitrogen and oxygen atoms in total. The maximum atomic E-state index is 10.6. The Balaban J connectivity index is 0.00000288. The molecule has 0 spiro atoms. The van der Waals surface area contributed by atoms with Crippen molar-refractivity contribution in [2.75, 3.05) is 19.6 Å². The fraction of sp³-hybridized carbons (Fsp3) is 0.733. The molecule has 0 radical (unpaired) electrons. The first-order valence-corrected chi connectivity index (χ1v) is 8.27. The van der Waals surface area contributed by atoms with Crippen LogP contribution in [0.1, 0.15) is 39.5 Å². The molecule has 1 aromatic rings. The Labute approximate surface area is 159 Å². The molecule has 0 unspecified atom stereocenters. The molecule has 1 saturated carbocycles. The lowest BCUT2D eigenvalue weighted by atomic mass is 9.67. The van der Waals surface area contributed by atoms with Crippen molar-refractivity contribution in [3.8, 4) is 0 Å². The molecule has 0 atom stereocenters. The number of guanidine groups is 1. The number of halogens is 1. The topological polar surface area (TPSA) is 97.4 Å². The van der Waals surface area contributed by atoms with Crippen LogP contribution in [0.3, 0.4) is 0 Å². The lowest BCUT2D eigenvalue weighted by Crippen LogP contribution is -2.41. The Bertz CT molecular complexity index is 550. The van der Waals surface area contributed by atoms with Gasteiger partial charge >= 0.3 is 5.69 Å². The predicted molar refractivity (Wildman–Crippen MR) is 105 cm³/mol. The Morgan fingerprint density at radius 2 is 2.21 bits per heavy atom. The van der Waals surface area contributed by atoms with Gasteiger partial charge in [-0.15, -0.1) is 24.0 Å². The Morgan fingerprint density at radius 1 is 1.46 bits per heavy atom. The van der Waals surface area contributed by atoms with Crippen LogP contribution in [0.25, 0.3) is 0 Å². The van der Waals surface area contributed by atoms with Crippen LogP contribution < -0.4 is 10.6 Å². The lowest BCUT2D eigenvalue weighted by Gasteiger charge is -2.40. The van der Waals surface area contributed by atoms with Gasteiger partial charge in [-0.3, -0.25) is 19.8 Å². The van der Waals surface area contributed by atoms with Gasteiger partial charge in [0.15, 0.2) is 5.96 Å². The molecule has 0 aliphatic heterocycles. The van der Waals surface area contributed by atoms with E-state index in [1.807, 2.05) is 6.92 Å². The van der Waals surface area contributed by atoms with E-state index in [9.17, 15) is 10.1 Å². The largest absolute Gasteiger partial charge is 0.357 e. The second-order valence-corrected chi connectivity index (χ2v) is 6.05. The van der Waals surface area contributed by atoms with Crippen molar-refractivity contribution in [2.24, 2.45) is 10.4 Å². The van der Waals surface area contributed by atoms with E-state index in [4.69, 9.17) is 4.99 Å². The molecule has 1 aliphatic rings. The molecular formula is C15H27IN6O2. The van der Waals surface area contributed by atoms with E-state index >= 15 is 0 Å². The van der Waals surface area contributed by atoms with E-state index < -0.39 is 4.92 Å². The van der Waals surface area contributed by atoms with Gasteiger partial charge in [-0.25, -0.2) is 0 Å². The zero-order chi connectivity index (χ0) is 16.7. The monoisotopic (exact) mass is 450 g/mol. The minimum Gasteiger partial charge on any atom is -0.357 e. The van der Waals surface area contributed by atoms with Crippen LogP contribution in [0, 0.1) is 15.5 Å². The van der Waals surface area contributed by atoms with E-state index in [1.165, 1.54) is 38.1 Å². The summed E-state index contributed by atoms with van der Waals surface area (Å²) >= 11 is 0. The lowest BCUT2D eigenvalue weighted by molar-refractivity contribution is -0.385. The first kappa shape index (κ1) is 20.7. The highest BCUT2D eigenvalue weighted by Crippen LogP contribution is 2.43. The smallest absolute Gasteiger partial charge is 0.306 e. The van der Waals surface area contributed by atoms with Gasteiger partial charge in [0.2, 0.25) is 0 Å². The predicted octanol–water partition coefficient (Wildman–Crippen LogP) is 2.54. The number of nitrogens with one attached hydrogen (secondary N) is 2. The number of hydrogen-bond acceptors (Lipinski definition) is 4. The fourth-order valence-electron chi connectivity index (χ4n) is 2.75. The molecule has 9 heteroatoms. The summed E-state index contributed by atoms with van der Waals surface area (Å²) < 4.78 is 1.56. The van der Waals surface area contributed by atoms with Crippen LogP contribution in [-0.2, 0) is 6.54 Å². The van der Waals surface area contributed by atoms with Gasteiger partial charge in [0.1, 0.15) is 12.4 Å². The van der Waals surface area contributed by atoms with Crippen LogP contribution in [-0.4, -0.2) is 40.3 Å². The average molecular weight is 450 g/mol. The quantitative estimate of drug-likeness (QED) is 0.209. The van der Waals surface area contributed by atoms with Gasteiger partial charge in [-0.2, -0.15) is 5.10 Å². The van der Waals surface area contributed by atoms with Gasteiger partial charge in [0.25, 0.3) is 0 Å². The third kappa shape index (κ3) is 5.60. The fourth-order valence-corrected chi connectivity index (χ4v) is 2.75. The van der Waals surface area contributed by atoms with Crippen LogP contribution in [0.5, 0.6) is 0 Å². The third-order valence-corrected chi connectivity index (χ3v) is 4.54. The van der Waals surface area contributed by atoms with Crippen molar-refractivity contribution in [1.82, 2.24) is 20.4 Å². The standard InChI is InChI=1S/C15H26N6O2.HI/c1-3-15(6-5-7-15)12-18-14(16-4-2)17-8-9-20-11-13(10-19-20)21(22)23;/h10-11H,3-9,12H2,1-2H3,(H2,16,17,18);1H. The highest BCUT2D eigenvalue weighted by molar-refractivity contribution is 14.0. The van der Waals surface area contributed by atoms with Gasteiger partial charge < -0.3 is 10.6 Å². The molecule has 2 rings (SSSR count). The van der Waals surface area contributed by atoms with Crippen LogP contribution in [0.15, 0.2) is 17.4 Å². The van der Waals surface area contributed by atoms with Crippen LogP contribution in [0.4, 0.5) is 5.69 Å². The highest BCUT2D eigenvalue weighted by atomic mass is 127. The second kappa shape index (κ2) is 9.80. The first-order chi connectivity index (χ1) is 11.1. The molecule has 0 aromatic carbocycles. The molecular weight excluding hydrogens is 423 g/mol. The van der Waals surface area contributed by atoms with Gasteiger partial charge in [0, 0.05) is 19.6 Å². The summed E-state index contributed by atoms with van der Waals surface area (Å²) in [6, 6.07) is 0. The van der Waals surface area contributed by atoms with Gasteiger partial charge in [-0.1, -0.05) is 13.3 Å². The van der Waals surface area contributed by atoms with E-state index in [0.29, 0.717) is 18.5 Å². The zero-order valence-electron chi connectivity index (χ0n) is 14.3. The van der Waals surface area contributed by atoms with Crippen molar-refractivity contribution < 1.29 is 4.92 Å². The summed E-state index contributed by atoms with van der Waals surface area (Å²) in [6.07, 6.45) is 7.72. The Kier molecular flexibility index (Phi) is 8.43. The number of aliphatic imine (C=N–C) groups is 1. The molecule has 0 saturated heterocycles. The van der Waals surface area contributed by atoms with E-state index in [0.717, 1.165) is 19.0 Å². The summed E-state index contributed by atoms with van der Waals surface area (Å²) in [7, 11) is 0.